The molecule has 0 unspecified atom stereocenters. The first-order valence-electron chi connectivity index (χ1n) is 4.84. The Labute approximate surface area is 102 Å². The maximum atomic E-state index is 5.66. The zero-order valence-corrected chi connectivity index (χ0v) is 10.4. The zero-order valence-electron chi connectivity index (χ0n) is 8.85. The monoisotopic (exact) mass is 281 g/mol. The van der Waals surface area contributed by atoms with E-state index in [1.54, 1.807) is 10.9 Å². The number of rotatable bonds is 3. The quantitative estimate of drug-likeness (QED) is 0.940. The minimum absolute atomic E-state index is 0.520. The van der Waals surface area contributed by atoms with Crippen LogP contribution in [0.25, 0.3) is 0 Å². The van der Waals surface area contributed by atoms with Crippen molar-refractivity contribution < 1.29 is 4.74 Å². The molecule has 0 amide bonds. The van der Waals surface area contributed by atoms with Crippen molar-refractivity contribution in [3.8, 4) is 11.5 Å². The van der Waals surface area contributed by atoms with Crippen molar-refractivity contribution in [3.63, 3.8) is 0 Å². The highest BCUT2D eigenvalue weighted by Crippen LogP contribution is 2.30. The molecule has 1 heterocycles. The molecule has 0 atom stereocenters. The van der Waals surface area contributed by atoms with Gasteiger partial charge in [0.15, 0.2) is 5.75 Å². The summed E-state index contributed by atoms with van der Waals surface area (Å²) in [6.07, 6.45) is 3.48. The fraction of sp³-hybridized carbons (Fsp3) is 0.182. The number of hydrogen-bond acceptors (Lipinski definition) is 3. The van der Waals surface area contributed by atoms with Crippen LogP contribution in [0.4, 0.5) is 0 Å². The molecule has 0 aliphatic rings. The molecule has 84 valence electrons. The van der Waals surface area contributed by atoms with Crippen LogP contribution in [0.1, 0.15) is 5.56 Å². The van der Waals surface area contributed by atoms with Gasteiger partial charge in [0.1, 0.15) is 5.75 Å². The molecule has 0 aliphatic heterocycles. The Morgan fingerprint density at radius 3 is 2.88 bits per heavy atom. The molecule has 0 fully saturated rings. The van der Waals surface area contributed by atoms with Gasteiger partial charge in [-0.2, -0.15) is 5.10 Å². The Kier molecular flexibility index (Phi) is 3.26. The van der Waals surface area contributed by atoms with E-state index in [1.807, 2.05) is 31.4 Å². The van der Waals surface area contributed by atoms with Crippen LogP contribution in [-0.2, 0) is 13.6 Å². The number of nitrogens with two attached hydrogens (primary N) is 1. The van der Waals surface area contributed by atoms with Crippen molar-refractivity contribution in [2.45, 2.75) is 6.54 Å². The smallest absolute Gasteiger partial charge is 0.165 e. The van der Waals surface area contributed by atoms with Crippen LogP contribution >= 0.6 is 15.9 Å². The standard InChI is InChI=1S/C11H12BrN3O/c1-15-7-9(6-14-15)16-11-3-2-8(5-13)4-10(11)12/h2-4,6-7H,5,13H2,1H3. The van der Waals surface area contributed by atoms with Gasteiger partial charge in [0, 0.05) is 13.6 Å². The minimum atomic E-state index is 0.520. The zero-order chi connectivity index (χ0) is 11.5. The van der Waals surface area contributed by atoms with Gasteiger partial charge in [0.2, 0.25) is 0 Å². The van der Waals surface area contributed by atoms with Gasteiger partial charge in [-0.3, -0.25) is 4.68 Å². The van der Waals surface area contributed by atoms with Gasteiger partial charge in [0.25, 0.3) is 0 Å². The van der Waals surface area contributed by atoms with Crippen molar-refractivity contribution in [2.24, 2.45) is 12.8 Å². The van der Waals surface area contributed by atoms with Crippen LogP contribution in [-0.4, -0.2) is 9.78 Å². The number of nitrogens with zero attached hydrogens (tertiary/aromatic N) is 2. The molecular weight excluding hydrogens is 270 g/mol. The van der Waals surface area contributed by atoms with Crippen LogP contribution in [0.3, 0.4) is 0 Å². The van der Waals surface area contributed by atoms with Gasteiger partial charge in [-0.05, 0) is 33.6 Å². The topological polar surface area (TPSA) is 53.1 Å². The first-order chi connectivity index (χ1) is 7.69. The van der Waals surface area contributed by atoms with E-state index in [1.165, 1.54) is 0 Å². The van der Waals surface area contributed by atoms with Crippen molar-refractivity contribution in [1.82, 2.24) is 9.78 Å². The lowest BCUT2D eigenvalue weighted by Crippen LogP contribution is -1.96. The Morgan fingerprint density at radius 2 is 2.31 bits per heavy atom. The number of hydrogen-bond donors (Lipinski definition) is 1. The molecule has 2 rings (SSSR count). The summed E-state index contributed by atoms with van der Waals surface area (Å²) in [5.74, 6) is 1.47. The summed E-state index contributed by atoms with van der Waals surface area (Å²) in [5.41, 5.74) is 6.61. The molecule has 0 spiro atoms. The average molecular weight is 282 g/mol. The minimum Gasteiger partial charge on any atom is -0.453 e. The third-order valence-corrected chi connectivity index (χ3v) is 2.76. The maximum Gasteiger partial charge on any atom is 0.165 e. The van der Waals surface area contributed by atoms with Gasteiger partial charge in [-0.1, -0.05) is 6.07 Å². The van der Waals surface area contributed by atoms with E-state index in [0.29, 0.717) is 12.3 Å². The van der Waals surface area contributed by atoms with Gasteiger partial charge in [-0.25, -0.2) is 0 Å². The molecule has 0 saturated carbocycles. The van der Waals surface area contributed by atoms with Crippen LogP contribution in [0.2, 0.25) is 0 Å². The highest BCUT2D eigenvalue weighted by molar-refractivity contribution is 9.10. The Hall–Kier alpha value is -1.33. The molecule has 4 nitrogen and oxygen atoms in total. The summed E-state index contributed by atoms with van der Waals surface area (Å²) in [7, 11) is 1.85. The maximum absolute atomic E-state index is 5.66. The number of ether oxygens (including phenoxy) is 1. The Balaban J connectivity index is 2.21. The predicted molar refractivity (Wildman–Crippen MR) is 65.3 cm³/mol. The molecule has 0 radical (unpaired) electrons. The van der Waals surface area contributed by atoms with E-state index in [9.17, 15) is 0 Å². The number of halogens is 1. The third kappa shape index (κ3) is 2.43. The van der Waals surface area contributed by atoms with Gasteiger partial charge in [0.05, 0.1) is 16.9 Å². The lowest BCUT2D eigenvalue weighted by atomic mass is 10.2. The van der Waals surface area contributed by atoms with Crippen molar-refractivity contribution in [3.05, 3.63) is 40.6 Å². The van der Waals surface area contributed by atoms with Crippen molar-refractivity contribution >= 4 is 15.9 Å². The van der Waals surface area contributed by atoms with Crippen LogP contribution < -0.4 is 10.5 Å². The number of benzene rings is 1. The molecule has 1 aromatic heterocycles. The fourth-order valence-corrected chi connectivity index (χ4v) is 1.84. The summed E-state index contributed by atoms with van der Waals surface area (Å²) in [6, 6.07) is 5.78. The summed E-state index contributed by atoms with van der Waals surface area (Å²) in [4.78, 5) is 0. The van der Waals surface area contributed by atoms with Crippen molar-refractivity contribution in [2.75, 3.05) is 0 Å². The number of aryl methyl sites for hydroxylation is 1. The Morgan fingerprint density at radius 1 is 1.50 bits per heavy atom. The molecule has 2 N–H and O–H groups in total. The van der Waals surface area contributed by atoms with E-state index in [0.717, 1.165) is 15.8 Å². The molecular formula is C11H12BrN3O. The molecule has 0 saturated heterocycles. The van der Waals surface area contributed by atoms with Crippen LogP contribution in [0.5, 0.6) is 11.5 Å². The molecule has 0 aliphatic carbocycles. The number of aromatic nitrogens is 2. The summed E-state index contributed by atoms with van der Waals surface area (Å²) in [5, 5.41) is 4.03. The molecule has 5 heteroatoms. The van der Waals surface area contributed by atoms with Gasteiger partial charge < -0.3 is 10.5 Å². The van der Waals surface area contributed by atoms with Gasteiger partial charge in [-0.15, -0.1) is 0 Å². The second-order valence-electron chi connectivity index (χ2n) is 3.42. The highest BCUT2D eigenvalue weighted by atomic mass is 79.9. The first-order valence-corrected chi connectivity index (χ1v) is 5.63. The SMILES string of the molecule is Cn1cc(Oc2ccc(CN)cc2Br)cn1. The van der Waals surface area contributed by atoms with E-state index < -0.39 is 0 Å². The second kappa shape index (κ2) is 4.67. The largest absolute Gasteiger partial charge is 0.453 e. The van der Waals surface area contributed by atoms with Crippen molar-refractivity contribution in [1.29, 1.82) is 0 Å². The van der Waals surface area contributed by atoms with Gasteiger partial charge >= 0.3 is 0 Å². The van der Waals surface area contributed by atoms with Crippen LogP contribution in [0.15, 0.2) is 35.1 Å². The Bertz CT molecular complexity index is 496. The highest BCUT2D eigenvalue weighted by Gasteiger charge is 2.04. The van der Waals surface area contributed by atoms with E-state index in [-0.39, 0.29) is 0 Å². The fourth-order valence-electron chi connectivity index (χ4n) is 1.33. The average Bonchev–Trinajstić information content (AvgIpc) is 2.67. The van der Waals surface area contributed by atoms with E-state index in [4.69, 9.17) is 10.5 Å². The predicted octanol–water partition coefficient (Wildman–Crippen LogP) is 2.43. The first kappa shape index (κ1) is 11.2. The molecule has 0 bridgehead atoms. The normalized spacial score (nSPS) is 10.4. The lowest BCUT2D eigenvalue weighted by molar-refractivity contribution is 0.478. The van der Waals surface area contributed by atoms with Crippen LogP contribution in [0, 0.1) is 0 Å². The summed E-state index contributed by atoms with van der Waals surface area (Å²) >= 11 is 3.44. The second-order valence-corrected chi connectivity index (χ2v) is 4.28. The molecule has 1 aromatic carbocycles. The van der Waals surface area contributed by atoms with E-state index >= 15 is 0 Å². The molecule has 16 heavy (non-hydrogen) atoms. The summed E-state index contributed by atoms with van der Waals surface area (Å²) < 4.78 is 8.24. The van der Waals surface area contributed by atoms with E-state index in [2.05, 4.69) is 21.0 Å². The molecule has 2 aromatic rings. The third-order valence-electron chi connectivity index (χ3n) is 2.14. The lowest BCUT2D eigenvalue weighted by Gasteiger charge is -2.06. The summed E-state index contributed by atoms with van der Waals surface area (Å²) in [6.45, 7) is 0.520.